The van der Waals surface area contributed by atoms with Gasteiger partial charge in [-0.15, -0.1) is 0 Å². The van der Waals surface area contributed by atoms with Gasteiger partial charge in [-0.1, -0.05) is 12.1 Å². The van der Waals surface area contributed by atoms with Gasteiger partial charge in [-0.05, 0) is 35.0 Å². The van der Waals surface area contributed by atoms with Crippen molar-refractivity contribution in [3.05, 3.63) is 40.1 Å². The number of aryl methyl sites for hydroxylation is 1. The van der Waals surface area contributed by atoms with Gasteiger partial charge >= 0.3 is 0 Å². The fourth-order valence-corrected chi connectivity index (χ4v) is 3.27. The summed E-state index contributed by atoms with van der Waals surface area (Å²) in [5.41, 5.74) is 6.72. The molecule has 0 spiro atoms. The van der Waals surface area contributed by atoms with Crippen molar-refractivity contribution in [2.45, 2.75) is 13.3 Å². The summed E-state index contributed by atoms with van der Waals surface area (Å²) in [6.45, 7) is 1.93. The molecule has 25 heavy (non-hydrogen) atoms. The van der Waals surface area contributed by atoms with Crippen LogP contribution in [-0.2, 0) is 9.59 Å². The van der Waals surface area contributed by atoms with Gasteiger partial charge in [0.05, 0.1) is 23.0 Å². The van der Waals surface area contributed by atoms with Crippen LogP contribution < -0.4 is 16.0 Å². The molecule has 1 atom stereocenters. The fraction of sp³-hybridized carbons (Fsp3) is 0.250. The molecule has 9 heteroatoms. The highest BCUT2D eigenvalue weighted by molar-refractivity contribution is 9.10. The minimum atomic E-state index is -0.739. The molecule has 0 bridgehead atoms. The van der Waals surface area contributed by atoms with Crippen LogP contribution in [0.25, 0.3) is 0 Å². The van der Waals surface area contributed by atoms with E-state index in [0.717, 1.165) is 10.2 Å². The van der Waals surface area contributed by atoms with E-state index in [1.165, 1.54) is 0 Å². The Morgan fingerprint density at radius 2 is 2.12 bits per heavy atom. The molecule has 2 heterocycles. The van der Waals surface area contributed by atoms with Gasteiger partial charge in [0.25, 0.3) is 5.91 Å². The largest absolute Gasteiger partial charge is 0.364 e. The second-order valence-electron chi connectivity index (χ2n) is 5.78. The number of rotatable bonds is 4. The van der Waals surface area contributed by atoms with Gasteiger partial charge in [0, 0.05) is 17.4 Å². The van der Waals surface area contributed by atoms with Crippen molar-refractivity contribution in [2.24, 2.45) is 11.7 Å². The Morgan fingerprint density at radius 1 is 1.40 bits per heavy atom. The SMILES string of the molecule is Cc1[nH]nc(C(N)=O)c1NC(=O)C1CC(=O)N(c2ccccc2Br)C1. The number of benzene rings is 1. The molecule has 130 valence electrons. The van der Waals surface area contributed by atoms with Crippen LogP contribution in [0.4, 0.5) is 11.4 Å². The van der Waals surface area contributed by atoms with Gasteiger partial charge in [0.15, 0.2) is 5.69 Å². The van der Waals surface area contributed by atoms with Crippen LogP contribution >= 0.6 is 15.9 Å². The normalized spacial score (nSPS) is 17.0. The highest BCUT2D eigenvalue weighted by Gasteiger charge is 2.36. The molecule has 1 aromatic heterocycles. The summed E-state index contributed by atoms with van der Waals surface area (Å²) >= 11 is 3.42. The zero-order chi connectivity index (χ0) is 18.1. The number of halogens is 1. The number of H-pyrrole nitrogens is 1. The van der Waals surface area contributed by atoms with E-state index in [4.69, 9.17) is 5.73 Å². The van der Waals surface area contributed by atoms with Gasteiger partial charge in [-0.25, -0.2) is 0 Å². The third-order valence-electron chi connectivity index (χ3n) is 4.07. The molecule has 2 aromatic rings. The first-order valence-corrected chi connectivity index (χ1v) is 8.38. The number of hydrogen-bond donors (Lipinski definition) is 3. The number of carbonyl (C=O) groups excluding carboxylic acids is 3. The number of amides is 3. The molecule has 1 saturated heterocycles. The number of aromatic amines is 1. The van der Waals surface area contributed by atoms with E-state index in [1.807, 2.05) is 24.3 Å². The predicted molar refractivity (Wildman–Crippen MR) is 95.1 cm³/mol. The van der Waals surface area contributed by atoms with Gasteiger partial charge in [-0.2, -0.15) is 5.10 Å². The minimum absolute atomic E-state index is 0.0298. The van der Waals surface area contributed by atoms with Crippen molar-refractivity contribution >= 4 is 45.0 Å². The second-order valence-corrected chi connectivity index (χ2v) is 6.64. The third kappa shape index (κ3) is 3.27. The molecule has 0 radical (unpaired) electrons. The molecule has 1 aliphatic rings. The lowest BCUT2D eigenvalue weighted by Gasteiger charge is -2.18. The van der Waals surface area contributed by atoms with E-state index in [1.54, 1.807) is 11.8 Å². The smallest absolute Gasteiger partial charge is 0.271 e. The minimum Gasteiger partial charge on any atom is -0.364 e. The molecule has 1 fully saturated rings. The molecular weight excluding hydrogens is 390 g/mol. The van der Waals surface area contributed by atoms with Crippen molar-refractivity contribution in [3.8, 4) is 0 Å². The maximum Gasteiger partial charge on any atom is 0.271 e. The topological polar surface area (TPSA) is 121 Å². The summed E-state index contributed by atoms with van der Waals surface area (Å²) in [5, 5.41) is 9.07. The van der Waals surface area contributed by atoms with Crippen LogP contribution in [0.15, 0.2) is 28.7 Å². The van der Waals surface area contributed by atoms with Crippen molar-refractivity contribution < 1.29 is 14.4 Å². The Labute approximate surface area is 151 Å². The van der Waals surface area contributed by atoms with E-state index in [0.29, 0.717) is 5.69 Å². The molecule has 1 aromatic carbocycles. The lowest BCUT2D eigenvalue weighted by atomic mass is 10.1. The first-order valence-electron chi connectivity index (χ1n) is 7.59. The van der Waals surface area contributed by atoms with E-state index in [-0.39, 0.29) is 36.2 Å². The summed E-state index contributed by atoms with van der Waals surface area (Å²) in [6, 6.07) is 7.33. The number of carbonyl (C=O) groups is 3. The highest BCUT2D eigenvalue weighted by Crippen LogP contribution is 2.32. The first-order chi connectivity index (χ1) is 11.9. The zero-order valence-electron chi connectivity index (χ0n) is 13.4. The predicted octanol–water partition coefficient (Wildman–Crippen LogP) is 1.57. The lowest BCUT2D eigenvalue weighted by molar-refractivity contribution is -0.122. The van der Waals surface area contributed by atoms with Crippen molar-refractivity contribution in [1.82, 2.24) is 10.2 Å². The Balaban J connectivity index is 1.77. The van der Waals surface area contributed by atoms with Crippen molar-refractivity contribution in [2.75, 3.05) is 16.8 Å². The van der Waals surface area contributed by atoms with Crippen LogP contribution in [0.1, 0.15) is 22.6 Å². The Kier molecular flexibility index (Phi) is 4.58. The molecule has 4 N–H and O–H groups in total. The van der Waals surface area contributed by atoms with Gasteiger partial charge in [0.1, 0.15) is 0 Å². The summed E-state index contributed by atoms with van der Waals surface area (Å²) in [6.07, 6.45) is 0.0932. The zero-order valence-corrected chi connectivity index (χ0v) is 15.0. The van der Waals surface area contributed by atoms with Crippen LogP contribution in [0.2, 0.25) is 0 Å². The second kappa shape index (κ2) is 6.67. The Bertz CT molecular complexity index is 863. The van der Waals surface area contributed by atoms with E-state index in [9.17, 15) is 14.4 Å². The molecule has 1 unspecified atom stereocenters. The molecule has 0 saturated carbocycles. The lowest BCUT2D eigenvalue weighted by Crippen LogP contribution is -2.29. The summed E-state index contributed by atoms with van der Waals surface area (Å²) < 4.78 is 0.783. The van der Waals surface area contributed by atoms with E-state index >= 15 is 0 Å². The molecule has 3 rings (SSSR count). The number of para-hydroxylation sites is 1. The van der Waals surface area contributed by atoms with Crippen molar-refractivity contribution in [1.29, 1.82) is 0 Å². The number of nitrogens with zero attached hydrogens (tertiary/aromatic N) is 2. The average Bonchev–Trinajstić information content (AvgIpc) is 3.12. The maximum atomic E-state index is 12.6. The molecule has 1 aliphatic heterocycles. The maximum absolute atomic E-state index is 12.6. The summed E-state index contributed by atoms with van der Waals surface area (Å²) in [4.78, 5) is 37.8. The quantitative estimate of drug-likeness (QED) is 0.714. The summed E-state index contributed by atoms with van der Waals surface area (Å²) in [7, 11) is 0. The number of nitrogens with one attached hydrogen (secondary N) is 2. The summed E-state index contributed by atoms with van der Waals surface area (Å²) in [5.74, 6) is -1.76. The molecule has 0 aliphatic carbocycles. The number of anilines is 2. The molecular formula is C16H16BrN5O3. The van der Waals surface area contributed by atoms with Crippen LogP contribution in [0.5, 0.6) is 0 Å². The van der Waals surface area contributed by atoms with Crippen molar-refractivity contribution in [3.63, 3.8) is 0 Å². The Hall–Kier alpha value is -2.68. The molecule has 3 amide bonds. The van der Waals surface area contributed by atoms with Crippen LogP contribution in [0, 0.1) is 12.8 Å². The van der Waals surface area contributed by atoms with Crippen LogP contribution in [-0.4, -0.2) is 34.5 Å². The van der Waals surface area contributed by atoms with E-state index in [2.05, 4.69) is 31.4 Å². The number of aromatic nitrogens is 2. The Morgan fingerprint density at radius 3 is 2.80 bits per heavy atom. The average molecular weight is 406 g/mol. The highest BCUT2D eigenvalue weighted by atomic mass is 79.9. The van der Waals surface area contributed by atoms with Gasteiger partial charge in [0.2, 0.25) is 11.8 Å². The van der Waals surface area contributed by atoms with E-state index < -0.39 is 11.8 Å². The molecule has 8 nitrogen and oxygen atoms in total. The number of nitrogens with two attached hydrogens (primary N) is 1. The van der Waals surface area contributed by atoms with Gasteiger partial charge in [-0.3, -0.25) is 19.5 Å². The van der Waals surface area contributed by atoms with Crippen LogP contribution in [0.3, 0.4) is 0 Å². The standard InChI is InChI=1S/C16H16BrN5O3/c1-8-13(14(15(18)24)21-20-8)19-16(25)9-6-12(23)22(7-9)11-5-3-2-4-10(11)17/h2-5,9H,6-7H2,1H3,(H2,18,24)(H,19,25)(H,20,21). The number of hydrogen-bond acceptors (Lipinski definition) is 4. The fourth-order valence-electron chi connectivity index (χ4n) is 2.77. The first kappa shape index (κ1) is 17.2. The third-order valence-corrected chi connectivity index (χ3v) is 4.74. The monoisotopic (exact) mass is 405 g/mol. The number of primary amides is 1. The van der Waals surface area contributed by atoms with Gasteiger partial charge < -0.3 is 16.0 Å².